The molecule has 3 N–H and O–H groups in total. The van der Waals surface area contributed by atoms with Gasteiger partial charge in [0.15, 0.2) is 0 Å². The molecule has 1 atom stereocenters. The third-order valence-electron chi connectivity index (χ3n) is 3.32. The number of primary amides is 1. The minimum absolute atomic E-state index is 0.0214. The fraction of sp³-hybridized carbons (Fsp3) is 0.385. The van der Waals surface area contributed by atoms with Crippen LogP contribution in [0.25, 0.3) is 0 Å². The molecule has 0 saturated carbocycles. The number of hydrogen-bond acceptors (Lipinski definition) is 3. The van der Waals surface area contributed by atoms with E-state index in [2.05, 4.69) is 0 Å². The number of carbonyl (C=O) groups is 2. The van der Waals surface area contributed by atoms with Crippen LogP contribution in [0.4, 0.5) is 10.1 Å². The SMILES string of the molecule is NC(=O)c1cc(F)ccc1N1CCCCC1C(=O)O. The predicted octanol–water partition coefficient (Wildman–Crippen LogP) is 1.37. The summed E-state index contributed by atoms with van der Waals surface area (Å²) in [7, 11) is 0. The number of carboxylic acids is 1. The molecule has 1 fully saturated rings. The van der Waals surface area contributed by atoms with Gasteiger partial charge >= 0.3 is 5.97 Å². The van der Waals surface area contributed by atoms with Crippen LogP contribution < -0.4 is 10.6 Å². The maximum atomic E-state index is 13.2. The summed E-state index contributed by atoms with van der Waals surface area (Å²) in [5.41, 5.74) is 5.64. The van der Waals surface area contributed by atoms with Gasteiger partial charge in [-0.05, 0) is 37.5 Å². The van der Waals surface area contributed by atoms with Gasteiger partial charge in [-0.15, -0.1) is 0 Å². The summed E-state index contributed by atoms with van der Waals surface area (Å²) >= 11 is 0. The first-order chi connectivity index (χ1) is 9.00. The first-order valence-corrected chi connectivity index (χ1v) is 6.09. The van der Waals surface area contributed by atoms with Gasteiger partial charge in [0.1, 0.15) is 11.9 Å². The van der Waals surface area contributed by atoms with Crippen molar-refractivity contribution in [3.05, 3.63) is 29.6 Å². The number of carboxylic acid groups (broad SMARTS) is 1. The van der Waals surface area contributed by atoms with E-state index in [1.807, 2.05) is 0 Å². The number of anilines is 1. The van der Waals surface area contributed by atoms with Gasteiger partial charge in [-0.1, -0.05) is 0 Å². The minimum atomic E-state index is -0.945. The van der Waals surface area contributed by atoms with Crippen molar-refractivity contribution in [3.8, 4) is 0 Å². The Hall–Kier alpha value is -2.11. The molecule has 1 unspecified atom stereocenters. The smallest absolute Gasteiger partial charge is 0.326 e. The summed E-state index contributed by atoms with van der Waals surface area (Å²) < 4.78 is 13.2. The molecule has 0 bridgehead atoms. The highest BCUT2D eigenvalue weighted by molar-refractivity contribution is 5.99. The van der Waals surface area contributed by atoms with Gasteiger partial charge in [0.2, 0.25) is 0 Å². The monoisotopic (exact) mass is 266 g/mol. The molecule has 1 aromatic carbocycles. The van der Waals surface area contributed by atoms with Crippen LogP contribution in [-0.4, -0.2) is 29.6 Å². The van der Waals surface area contributed by atoms with E-state index in [1.54, 1.807) is 4.90 Å². The summed E-state index contributed by atoms with van der Waals surface area (Å²) in [6.07, 6.45) is 2.16. The molecule has 1 heterocycles. The molecular formula is C13H15FN2O3. The zero-order valence-electron chi connectivity index (χ0n) is 10.3. The number of hydrogen-bond donors (Lipinski definition) is 2. The van der Waals surface area contributed by atoms with Gasteiger partial charge in [0, 0.05) is 6.54 Å². The van der Waals surface area contributed by atoms with E-state index < -0.39 is 23.7 Å². The number of benzene rings is 1. The molecule has 5 nitrogen and oxygen atoms in total. The molecular weight excluding hydrogens is 251 g/mol. The first-order valence-electron chi connectivity index (χ1n) is 6.09. The predicted molar refractivity (Wildman–Crippen MR) is 67.5 cm³/mol. The van der Waals surface area contributed by atoms with E-state index in [4.69, 9.17) is 5.73 Å². The Labute approximate surface area is 109 Å². The zero-order valence-corrected chi connectivity index (χ0v) is 10.3. The van der Waals surface area contributed by atoms with Gasteiger partial charge in [-0.25, -0.2) is 9.18 Å². The third-order valence-corrected chi connectivity index (χ3v) is 3.32. The van der Waals surface area contributed by atoms with E-state index in [0.29, 0.717) is 18.7 Å². The highest BCUT2D eigenvalue weighted by atomic mass is 19.1. The summed E-state index contributed by atoms with van der Waals surface area (Å²) in [5.74, 6) is -2.27. The normalized spacial score (nSPS) is 19.2. The van der Waals surface area contributed by atoms with Crippen LogP contribution >= 0.6 is 0 Å². The highest BCUT2D eigenvalue weighted by Crippen LogP contribution is 2.28. The van der Waals surface area contributed by atoms with Crippen LogP contribution in [0.1, 0.15) is 29.6 Å². The number of halogens is 1. The highest BCUT2D eigenvalue weighted by Gasteiger charge is 2.30. The molecule has 0 aliphatic carbocycles. The van der Waals surface area contributed by atoms with E-state index >= 15 is 0 Å². The van der Waals surface area contributed by atoms with Gasteiger partial charge in [-0.3, -0.25) is 4.79 Å². The topological polar surface area (TPSA) is 83.6 Å². The average Bonchev–Trinajstić information content (AvgIpc) is 2.38. The fourth-order valence-electron chi connectivity index (χ4n) is 2.43. The lowest BCUT2D eigenvalue weighted by Gasteiger charge is -2.35. The second kappa shape index (κ2) is 5.26. The van der Waals surface area contributed by atoms with Gasteiger partial charge in [0.25, 0.3) is 5.91 Å². The molecule has 1 aromatic rings. The number of nitrogens with zero attached hydrogens (tertiary/aromatic N) is 1. The lowest BCUT2D eigenvalue weighted by Crippen LogP contribution is -2.45. The number of amides is 1. The summed E-state index contributed by atoms with van der Waals surface area (Å²) in [5, 5.41) is 9.22. The molecule has 0 aromatic heterocycles. The average molecular weight is 266 g/mol. The Morgan fingerprint density at radius 3 is 2.74 bits per heavy atom. The maximum absolute atomic E-state index is 13.2. The zero-order chi connectivity index (χ0) is 14.0. The van der Waals surface area contributed by atoms with E-state index in [1.165, 1.54) is 12.1 Å². The standard InChI is InChI=1S/C13H15FN2O3/c14-8-4-5-10(9(7-8)12(15)17)16-6-2-1-3-11(16)13(18)19/h4-5,7,11H,1-3,6H2,(H2,15,17)(H,18,19). The van der Waals surface area contributed by atoms with Gasteiger partial charge in [0.05, 0.1) is 11.3 Å². The van der Waals surface area contributed by atoms with Crippen LogP contribution in [0.15, 0.2) is 18.2 Å². The molecule has 1 aliphatic rings. The Kier molecular flexibility index (Phi) is 3.69. The number of carbonyl (C=O) groups excluding carboxylic acids is 1. The van der Waals surface area contributed by atoms with E-state index in [-0.39, 0.29) is 5.56 Å². The largest absolute Gasteiger partial charge is 0.480 e. The van der Waals surface area contributed by atoms with Crippen molar-refractivity contribution in [1.29, 1.82) is 0 Å². The lowest BCUT2D eigenvalue weighted by atomic mass is 9.99. The molecule has 1 amide bonds. The summed E-state index contributed by atoms with van der Waals surface area (Å²) in [6, 6.07) is 2.97. The van der Waals surface area contributed by atoms with Crippen molar-refractivity contribution in [2.45, 2.75) is 25.3 Å². The van der Waals surface area contributed by atoms with Crippen LogP contribution in [0, 0.1) is 5.82 Å². The molecule has 0 spiro atoms. The van der Waals surface area contributed by atoms with Crippen molar-refractivity contribution < 1.29 is 19.1 Å². The molecule has 1 saturated heterocycles. The summed E-state index contributed by atoms with van der Waals surface area (Å²) in [4.78, 5) is 24.2. The van der Waals surface area contributed by atoms with Crippen molar-refractivity contribution in [3.63, 3.8) is 0 Å². The van der Waals surface area contributed by atoms with Crippen LogP contribution in [-0.2, 0) is 4.79 Å². The number of aliphatic carboxylic acids is 1. The van der Waals surface area contributed by atoms with Crippen LogP contribution in [0.3, 0.4) is 0 Å². The Bertz CT molecular complexity index is 519. The van der Waals surface area contributed by atoms with E-state index in [0.717, 1.165) is 18.9 Å². The second-order valence-electron chi connectivity index (χ2n) is 4.57. The van der Waals surface area contributed by atoms with Crippen molar-refractivity contribution in [1.82, 2.24) is 0 Å². The second-order valence-corrected chi connectivity index (χ2v) is 4.57. The molecule has 0 radical (unpaired) electrons. The van der Waals surface area contributed by atoms with Crippen LogP contribution in [0.2, 0.25) is 0 Å². The number of rotatable bonds is 3. The Morgan fingerprint density at radius 1 is 1.37 bits per heavy atom. The van der Waals surface area contributed by atoms with Gasteiger partial charge in [-0.2, -0.15) is 0 Å². The molecule has 2 rings (SSSR count). The molecule has 6 heteroatoms. The van der Waals surface area contributed by atoms with Crippen molar-refractivity contribution in [2.75, 3.05) is 11.4 Å². The minimum Gasteiger partial charge on any atom is -0.480 e. The van der Waals surface area contributed by atoms with Crippen molar-refractivity contribution >= 4 is 17.6 Å². The quantitative estimate of drug-likeness (QED) is 0.865. The van der Waals surface area contributed by atoms with Crippen LogP contribution in [0.5, 0.6) is 0 Å². The first kappa shape index (κ1) is 13.3. The number of piperidine rings is 1. The lowest BCUT2D eigenvalue weighted by molar-refractivity contribution is -0.139. The maximum Gasteiger partial charge on any atom is 0.326 e. The van der Waals surface area contributed by atoms with E-state index in [9.17, 15) is 19.1 Å². The fourth-order valence-corrected chi connectivity index (χ4v) is 2.43. The van der Waals surface area contributed by atoms with Gasteiger partial charge < -0.3 is 15.7 Å². The Balaban J connectivity index is 2.44. The summed E-state index contributed by atoms with van der Waals surface area (Å²) in [6.45, 7) is 0.517. The molecule has 1 aliphatic heterocycles. The molecule has 19 heavy (non-hydrogen) atoms. The Morgan fingerprint density at radius 2 is 2.11 bits per heavy atom. The van der Waals surface area contributed by atoms with Crippen molar-refractivity contribution in [2.24, 2.45) is 5.73 Å². The molecule has 102 valence electrons. The number of nitrogens with two attached hydrogens (primary N) is 1. The third kappa shape index (κ3) is 2.67.